The summed E-state index contributed by atoms with van der Waals surface area (Å²) in [5.74, 6) is 5.20. The third-order valence-corrected chi connectivity index (χ3v) is 3.43. The van der Waals surface area contributed by atoms with Crippen LogP contribution in [0.2, 0.25) is 5.02 Å². The van der Waals surface area contributed by atoms with Crippen LogP contribution in [-0.2, 0) is 4.74 Å². The maximum absolute atomic E-state index is 12.1. The van der Waals surface area contributed by atoms with Crippen molar-refractivity contribution in [2.24, 2.45) is 5.84 Å². The van der Waals surface area contributed by atoms with Gasteiger partial charge in [0.15, 0.2) is 0 Å². The van der Waals surface area contributed by atoms with Gasteiger partial charge in [0.2, 0.25) is 0 Å². The Kier molecular flexibility index (Phi) is 5.60. The van der Waals surface area contributed by atoms with Gasteiger partial charge in [0, 0.05) is 31.2 Å². The van der Waals surface area contributed by atoms with Crippen LogP contribution < -0.4 is 16.6 Å². The van der Waals surface area contributed by atoms with Crippen LogP contribution in [0.25, 0.3) is 0 Å². The van der Waals surface area contributed by atoms with E-state index in [0.717, 1.165) is 32.8 Å². The fourth-order valence-electron chi connectivity index (χ4n) is 2.08. The molecule has 0 radical (unpaired) electrons. The fraction of sp³-hybridized carbons (Fsp3) is 0.462. The van der Waals surface area contributed by atoms with Crippen LogP contribution in [0.15, 0.2) is 18.2 Å². The number of anilines is 1. The van der Waals surface area contributed by atoms with E-state index in [0.29, 0.717) is 22.8 Å². The lowest BCUT2D eigenvalue weighted by Crippen LogP contribution is -2.41. The molecule has 0 atom stereocenters. The molecule has 0 aliphatic carbocycles. The quantitative estimate of drug-likeness (QED) is 0.550. The number of halogens is 1. The Labute approximate surface area is 123 Å². The summed E-state index contributed by atoms with van der Waals surface area (Å²) in [4.78, 5) is 14.4. The lowest BCUT2D eigenvalue weighted by atomic mass is 10.1. The Morgan fingerprint density at radius 3 is 2.85 bits per heavy atom. The number of amides is 1. The van der Waals surface area contributed by atoms with Gasteiger partial charge in [0.05, 0.1) is 24.5 Å². The number of carbonyl (C=O) groups is 1. The second kappa shape index (κ2) is 7.44. The van der Waals surface area contributed by atoms with Crippen molar-refractivity contribution in [2.45, 2.75) is 0 Å². The molecule has 0 bridgehead atoms. The number of nitrogens with zero attached hydrogens (tertiary/aromatic N) is 1. The van der Waals surface area contributed by atoms with Crippen LogP contribution in [0, 0.1) is 0 Å². The van der Waals surface area contributed by atoms with E-state index in [1.165, 1.54) is 0 Å². The monoisotopic (exact) mass is 298 g/mol. The summed E-state index contributed by atoms with van der Waals surface area (Å²) in [5.41, 5.74) is 3.50. The molecule has 1 amide bonds. The molecular weight excluding hydrogens is 280 g/mol. The number of carbonyl (C=O) groups excluding carboxylic acids is 1. The van der Waals surface area contributed by atoms with Gasteiger partial charge in [0.1, 0.15) is 0 Å². The van der Waals surface area contributed by atoms with E-state index >= 15 is 0 Å². The first-order chi connectivity index (χ1) is 9.70. The largest absolute Gasteiger partial charge is 0.379 e. The molecular formula is C13H19ClN4O2. The third kappa shape index (κ3) is 4.08. The molecule has 2 rings (SSSR count). The zero-order valence-electron chi connectivity index (χ0n) is 11.2. The van der Waals surface area contributed by atoms with Crippen molar-refractivity contribution < 1.29 is 9.53 Å². The Hall–Kier alpha value is -1.34. The molecule has 110 valence electrons. The minimum absolute atomic E-state index is 0.186. The maximum Gasteiger partial charge on any atom is 0.253 e. The number of hydrazine groups is 1. The van der Waals surface area contributed by atoms with Gasteiger partial charge in [-0.1, -0.05) is 11.6 Å². The van der Waals surface area contributed by atoms with Gasteiger partial charge >= 0.3 is 0 Å². The molecule has 1 heterocycles. The summed E-state index contributed by atoms with van der Waals surface area (Å²) >= 11 is 5.90. The molecule has 1 saturated heterocycles. The zero-order chi connectivity index (χ0) is 14.4. The normalized spacial score (nSPS) is 15.9. The van der Waals surface area contributed by atoms with Crippen molar-refractivity contribution in [3.8, 4) is 0 Å². The van der Waals surface area contributed by atoms with Gasteiger partial charge in [-0.15, -0.1) is 0 Å². The second-order valence-corrected chi connectivity index (χ2v) is 4.98. The SMILES string of the molecule is NNc1ccc(Cl)cc1C(=O)NCCN1CCOCC1. The summed E-state index contributed by atoms with van der Waals surface area (Å²) in [6.07, 6.45) is 0. The minimum atomic E-state index is -0.186. The molecule has 1 aromatic rings. The molecule has 0 spiro atoms. The lowest BCUT2D eigenvalue weighted by molar-refractivity contribution is 0.0383. The van der Waals surface area contributed by atoms with E-state index in [-0.39, 0.29) is 5.91 Å². The Morgan fingerprint density at radius 1 is 1.40 bits per heavy atom. The van der Waals surface area contributed by atoms with Gasteiger partial charge in [-0.25, -0.2) is 0 Å². The molecule has 1 aromatic carbocycles. The van der Waals surface area contributed by atoms with Crippen LogP contribution in [0.1, 0.15) is 10.4 Å². The van der Waals surface area contributed by atoms with E-state index in [2.05, 4.69) is 15.6 Å². The van der Waals surface area contributed by atoms with Crippen molar-refractivity contribution in [3.05, 3.63) is 28.8 Å². The first-order valence-electron chi connectivity index (χ1n) is 6.55. The highest BCUT2D eigenvalue weighted by Crippen LogP contribution is 2.19. The number of nitrogens with two attached hydrogens (primary N) is 1. The number of ether oxygens (including phenoxy) is 1. The summed E-state index contributed by atoms with van der Waals surface area (Å²) in [6.45, 7) is 4.70. The highest BCUT2D eigenvalue weighted by molar-refractivity contribution is 6.31. The highest BCUT2D eigenvalue weighted by atomic mass is 35.5. The Balaban J connectivity index is 1.86. The number of hydrogen-bond donors (Lipinski definition) is 3. The van der Waals surface area contributed by atoms with Crippen LogP contribution in [-0.4, -0.2) is 50.2 Å². The van der Waals surface area contributed by atoms with Crippen molar-refractivity contribution in [1.29, 1.82) is 0 Å². The van der Waals surface area contributed by atoms with Crippen LogP contribution >= 0.6 is 11.6 Å². The number of benzene rings is 1. The van der Waals surface area contributed by atoms with Gasteiger partial charge in [0.25, 0.3) is 5.91 Å². The Bertz CT molecular complexity index is 464. The van der Waals surface area contributed by atoms with Crippen LogP contribution in [0.3, 0.4) is 0 Å². The maximum atomic E-state index is 12.1. The number of nitrogen functional groups attached to an aromatic ring is 1. The van der Waals surface area contributed by atoms with E-state index in [4.69, 9.17) is 22.2 Å². The summed E-state index contributed by atoms with van der Waals surface area (Å²) in [7, 11) is 0. The van der Waals surface area contributed by atoms with Gasteiger partial charge < -0.3 is 15.5 Å². The van der Waals surface area contributed by atoms with E-state index in [1.54, 1.807) is 18.2 Å². The first kappa shape index (κ1) is 15.1. The molecule has 1 fully saturated rings. The van der Waals surface area contributed by atoms with Crippen molar-refractivity contribution in [2.75, 3.05) is 44.8 Å². The zero-order valence-corrected chi connectivity index (χ0v) is 11.9. The number of morpholine rings is 1. The smallest absolute Gasteiger partial charge is 0.253 e. The highest BCUT2D eigenvalue weighted by Gasteiger charge is 2.13. The Morgan fingerprint density at radius 2 is 2.15 bits per heavy atom. The third-order valence-electron chi connectivity index (χ3n) is 3.20. The molecule has 0 unspecified atom stereocenters. The molecule has 1 aliphatic rings. The fourth-order valence-corrected chi connectivity index (χ4v) is 2.25. The molecule has 1 aliphatic heterocycles. The van der Waals surface area contributed by atoms with E-state index < -0.39 is 0 Å². The van der Waals surface area contributed by atoms with E-state index in [1.807, 2.05) is 0 Å². The lowest BCUT2D eigenvalue weighted by Gasteiger charge is -2.26. The van der Waals surface area contributed by atoms with Crippen molar-refractivity contribution >= 4 is 23.2 Å². The molecule has 6 nitrogen and oxygen atoms in total. The van der Waals surface area contributed by atoms with Gasteiger partial charge in [-0.05, 0) is 18.2 Å². The summed E-state index contributed by atoms with van der Waals surface area (Å²) in [5, 5.41) is 3.37. The molecule has 20 heavy (non-hydrogen) atoms. The predicted octanol–water partition coefficient (Wildman–Crippen LogP) is 0.688. The van der Waals surface area contributed by atoms with E-state index in [9.17, 15) is 4.79 Å². The van der Waals surface area contributed by atoms with Crippen molar-refractivity contribution in [3.63, 3.8) is 0 Å². The van der Waals surface area contributed by atoms with Gasteiger partial charge in [-0.2, -0.15) is 0 Å². The predicted molar refractivity (Wildman–Crippen MR) is 78.9 cm³/mol. The summed E-state index contributed by atoms with van der Waals surface area (Å²) in [6, 6.07) is 4.96. The standard InChI is InChI=1S/C13H19ClN4O2/c14-10-1-2-12(17-15)11(9-10)13(19)16-3-4-18-5-7-20-8-6-18/h1-2,9,17H,3-8,15H2,(H,16,19). The molecule has 0 aromatic heterocycles. The number of nitrogens with one attached hydrogen (secondary N) is 2. The second-order valence-electron chi connectivity index (χ2n) is 4.54. The first-order valence-corrected chi connectivity index (χ1v) is 6.93. The van der Waals surface area contributed by atoms with Crippen LogP contribution in [0.5, 0.6) is 0 Å². The average molecular weight is 299 g/mol. The van der Waals surface area contributed by atoms with Gasteiger partial charge in [-0.3, -0.25) is 15.5 Å². The molecule has 4 N–H and O–H groups in total. The minimum Gasteiger partial charge on any atom is -0.379 e. The van der Waals surface area contributed by atoms with Crippen LogP contribution in [0.4, 0.5) is 5.69 Å². The topological polar surface area (TPSA) is 79.6 Å². The summed E-state index contributed by atoms with van der Waals surface area (Å²) < 4.78 is 5.27. The number of hydrogen-bond acceptors (Lipinski definition) is 5. The number of rotatable bonds is 5. The average Bonchev–Trinajstić information content (AvgIpc) is 2.48. The molecule has 0 saturated carbocycles. The molecule has 7 heteroatoms. The van der Waals surface area contributed by atoms with Crippen molar-refractivity contribution in [1.82, 2.24) is 10.2 Å².